The summed E-state index contributed by atoms with van der Waals surface area (Å²) in [5.74, 6) is 0.105. The van der Waals surface area contributed by atoms with Gasteiger partial charge in [-0.3, -0.25) is 14.9 Å². The number of nitro benzene ring substituents is 1. The first-order valence-electron chi connectivity index (χ1n) is 12.8. The maximum atomic E-state index is 13.2. The summed E-state index contributed by atoms with van der Waals surface area (Å²) in [6.45, 7) is 6.57. The number of ether oxygens (including phenoxy) is 3. The topological polar surface area (TPSA) is 118 Å². The highest BCUT2D eigenvalue weighted by Crippen LogP contribution is 2.34. The number of imidazole rings is 1. The zero-order valence-corrected chi connectivity index (χ0v) is 24.3. The molecule has 14 heteroatoms. The molecule has 0 radical (unpaired) electrons. The van der Waals surface area contributed by atoms with E-state index < -0.39 is 10.7 Å². The van der Waals surface area contributed by atoms with E-state index in [1.54, 1.807) is 16.7 Å². The first kappa shape index (κ1) is 32.7. The Morgan fingerprint density at radius 3 is 2.36 bits per heavy atom. The zero-order valence-electron chi connectivity index (χ0n) is 22.7. The van der Waals surface area contributed by atoms with Gasteiger partial charge in [-0.15, -0.1) is 0 Å². The van der Waals surface area contributed by atoms with Gasteiger partial charge in [0.1, 0.15) is 28.8 Å². The number of rotatable bonds is 13. The van der Waals surface area contributed by atoms with E-state index in [0.717, 1.165) is 12.1 Å². The highest BCUT2D eigenvalue weighted by atomic mass is 35.5. The van der Waals surface area contributed by atoms with Crippen molar-refractivity contribution in [1.29, 1.82) is 0 Å². The Bertz CT molecular complexity index is 1520. The largest absolute Gasteiger partial charge is 0.456 e. The molecule has 0 aliphatic heterocycles. The summed E-state index contributed by atoms with van der Waals surface area (Å²) >= 11 is 11.7. The van der Waals surface area contributed by atoms with Gasteiger partial charge >= 0.3 is 0 Å². The number of carbonyl (C=O) groups is 1. The van der Waals surface area contributed by atoms with Crippen LogP contribution in [0.1, 0.15) is 24.5 Å². The molecule has 0 spiro atoms. The molecule has 0 saturated heterocycles. The van der Waals surface area contributed by atoms with Crippen molar-refractivity contribution >= 4 is 51.9 Å². The van der Waals surface area contributed by atoms with E-state index in [0.29, 0.717) is 79.2 Å². The standard InChI is InChI=1S/C18H16ClFN2O3.C10H12ClFN2O3/c1-2-24-8-7-22-16-10-17(25-13-5-3-12(20)4-6-13)14(19)9-15(16)21-18(22)11-23;1-2-17-4-3-13-9-6-8(12)7(11)5-10(9)14(15)16/h3-6,9-11H,2,7-8H2,1H3;5-6,13H,2-4H2,1H3. The van der Waals surface area contributed by atoms with Gasteiger partial charge in [0, 0.05) is 44.5 Å². The van der Waals surface area contributed by atoms with E-state index in [2.05, 4.69) is 10.3 Å². The molecule has 0 bridgehead atoms. The van der Waals surface area contributed by atoms with Crippen LogP contribution in [0.4, 0.5) is 20.2 Å². The second kappa shape index (κ2) is 16.0. The number of nitrogens with one attached hydrogen (secondary N) is 1. The minimum absolute atomic E-state index is 0.0941. The maximum Gasteiger partial charge on any atom is 0.294 e. The molecule has 0 unspecified atom stereocenters. The molecule has 4 aromatic rings. The molecular formula is C28H28Cl2F2N4O6. The van der Waals surface area contributed by atoms with Crippen molar-refractivity contribution in [3.63, 3.8) is 0 Å². The highest BCUT2D eigenvalue weighted by Gasteiger charge is 2.17. The van der Waals surface area contributed by atoms with Crippen molar-refractivity contribution < 1.29 is 32.7 Å². The number of carbonyl (C=O) groups excluding carboxylic acids is 1. The molecule has 42 heavy (non-hydrogen) atoms. The molecule has 0 saturated carbocycles. The number of halogens is 4. The lowest BCUT2D eigenvalue weighted by atomic mass is 10.2. The number of benzene rings is 3. The highest BCUT2D eigenvalue weighted by molar-refractivity contribution is 6.32. The summed E-state index contributed by atoms with van der Waals surface area (Å²) in [4.78, 5) is 25.7. The summed E-state index contributed by atoms with van der Waals surface area (Å²) in [5, 5.41) is 13.5. The summed E-state index contributed by atoms with van der Waals surface area (Å²) in [5.41, 5.74) is 1.14. The van der Waals surface area contributed by atoms with Gasteiger partial charge < -0.3 is 24.1 Å². The van der Waals surface area contributed by atoms with Crippen LogP contribution < -0.4 is 10.1 Å². The summed E-state index contributed by atoms with van der Waals surface area (Å²) in [6, 6.07) is 11.0. The molecule has 0 atom stereocenters. The number of aldehydes is 1. The quantitative estimate of drug-likeness (QED) is 0.0712. The number of hydrogen-bond donors (Lipinski definition) is 1. The number of anilines is 1. The van der Waals surface area contributed by atoms with E-state index in [-0.39, 0.29) is 22.2 Å². The monoisotopic (exact) mass is 624 g/mol. The van der Waals surface area contributed by atoms with Gasteiger partial charge in [-0.1, -0.05) is 23.2 Å². The van der Waals surface area contributed by atoms with Crippen LogP contribution in [-0.2, 0) is 16.0 Å². The predicted molar refractivity (Wildman–Crippen MR) is 156 cm³/mol. The molecule has 4 rings (SSSR count). The molecule has 0 amide bonds. The Labute approximate surface area is 250 Å². The molecule has 1 heterocycles. The van der Waals surface area contributed by atoms with Crippen molar-refractivity contribution in [3.05, 3.63) is 86.1 Å². The Kier molecular flexibility index (Phi) is 12.4. The van der Waals surface area contributed by atoms with Crippen LogP contribution in [0.25, 0.3) is 11.0 Å². The molecule has 224 valence electrons. The second-order valence-corrected chi connectivity index (χ2v) is 9.24. The van der Waals surface area contributed by atoms with Gasteiger partial charge in [-0.25, -0.2) is 13.8 Å². The number of aromatic nitrogens is 2. The normalized spacial score (nSPS) is 10.7. The average molecular weight is 625 g/mol. The van der Waals surface area contributed by atoms with E-state index >= 15 is 0 Å². The van der Waals surface area contributed by atoms with E-state index in [1.807, 2.05) is 13.8 Å². The van der Waals surface area contributed by atoms with Gasteiger partial charge in [0.2, 0.25) is 0 Å². The van der Waals surface area contributed by atoms with Crippen LogP contribution in [0.2, 0.25) is 10.0 Å². The minimum Gasteiger partial charge on any atom is -0.456 e. The maximum absolute atomic E-state index is 13.2. The number of hydrogen-bond acceptors (Lipinski definition) is 8. The van der Waals surface area contributed by atoms with Gasteiger partial charge in [0.05, 0.1) is 39.2 Å². The molecule has 10 nitrogen and oxygen atoms in total. The Hall–Kier alpha value is -3.84. The van der Waals surface area contributed by atoms with Crippen molar-refractivity contribution in [3.8, 4) is 11.5 Å². The molecule has 0 aliphatic carbocycles. The molecular weight excluding hydrogens is 597 g/mol. The second-order valence-electron chi connectivity index (χ2n) is 8.43. The van der Waals surface area contributed by atoms with Crippen LogP contribution >= 0.6 is 23.2 Å². The first-order valence-corrected chi connectivity index (χ1v) is 13.5. The fraction of sp³-hybridized carbons (Fsp3) is 0.286. The van der Waals surface area contributed by atoms with Gasteiger partial charge in [-0.2, -0.15) is 0 Å². The van der Waals surface area contributed by atoms with Crippen LogP contribution in [0.15, 0.2) is 48.5 Å². The zero-order chi connectivity index (χ0) is 30.6. The van der Waals surface area contributed by atoms with Crippen molar-refractivity contribution in [2.45, 2.75) is 20.4 Å². The van der Waals surface area contributed by atoms with Crippen LogP contribution in [-0.4, -0.2) is 53.7 Å². The molecule has 1 aromatic heterocycles. The molecule has 0 fully saturated rings. The third-order valence-corrected chi connectivity index (χ3v) is 6.23. The number of nitrogens with zero attached hydrogens (tertiary/aromatic N) is 3. The van der Waals surface area contributed by atoms with Crippen molar-refractivity contribution in [1.82, 2.24) is 9.55 Å². The van der Waals surface area contributed by atoms with E-state index in [4.69, 9.17) is 37.4 Å². The van der Waals surface area contributed by atoms with Crippen molar-refractivity contribution in [2.24, 2.45) is 0 Å². The smallest absolute Gasteiger partial charge is 0.294 e. The fourth-order valence-corrected chi connectivity index (χ4v) is 4.06. The lowest BCUT2D eigenvalue weighted by molar-refractivity contribution is -0.384. The Morgan fingerprint density at radius 1 is 1.02 bits per heavy atom. The summed E-state index contributed by atoms with van der Waals surface area (Å²) in [6.07, 6.45) is 0.695. The third kappa shape index (κ3) is 8.83. The van der Waals surface area contributed by atoms with Crippen LogP contribution in [0, 0.1) is 21.7 Å². The Morgan fingerprint density at radius 2 is 1.71 bits per heavy atom. The summed E-state index contributed by atoms with van der Waals surface area (Å²) < 4.78 is 44.1. The third-order valence-electron chi connectivity index (χ3n) is 5.64. The number of fused-ring (bicyclic) bond motifs is 1. The average Bonchev–Trinajstić information content (AvgIpc) is 3.30. The van der Waals surface area contributed by atoms with Crippen LogP contribution in [0.3, 0.4) is 0 Å². The number of nitro groups is 1. The summed E-state index contributed by atoms with van der Waals surface area (Å²) in [7, 11) is 0. The molecule has 3 aromatic carbocycles. The van der Waals surface area contributed by atoms with E-state index in [1.165, 1.54) is 24.3 Å². The predicted octanol–water partition coefficient (Wildman–Crippen LogP) is 7.31. The Balaban J connectivity index is 0.000000250. The fourth-order valence-electron chi connectivity index (χ4n) is 3.71. The van der Waals surface area contributed by atoms with Crippen LogP contribution in [0.5, 0.6) is 11.5 Å². The molecule has 1 N–H and O–H groups in total. The first-order chi connectivity index (χ1) is 20.2. The minimum atomic E-state index is -0.698. The lowest BCUT2D eigenvalue weighted by Crippen LogP contribution is -2.10. The van der Waals surface area contributed by atoms with Gasteiger partial charge in [0.25, 0.3) is 5.69 Å². The molecule has 0 aliphatic rings. The lowest BCUT2D eigenvalue weighted by Gasteiger charge is -2.10. The SMILES string of the molecule is CCOCCNc1cc(F)c(Cl)cc1[N+](=O)[O-].CCOCCn1c(C=O)nc2cc(Cl)c(Oc3ccc(F)cc3)cc21. The van der Waals surface area contributed by atoms with E-state index in [9.17, 15) is 23.7 Å². The van der Waals surface area contributed by atoms with Gasteiger partial charge in [0.15, 0.2) is 12.1 Å². The van der Waals surface area contributed by atoms with Crippen molar-refractivity contribution in [2.75, 3.05) is 38.3 Å². The van der Waals surface area contributed by atoms with Gasteiger partial charge in [-0.05, 0) is 44.2 Å².